The molecule has 53 heavy (non-hydrogen) atoms. The molecule has 0 unspecified atom stereocenters. The van der Waals surface area contributed by atoms with Crippen molar-refractivity contribution in [2.24, 2.45) is 0 Å². The van der Waals surface area contributed by atoms with Crippen LogP contribution in [0.5, 0.6) is 0 Å². The van der Waals surface area contributed by atoms with E-state index in [1.54, 1.807) is 0 Å². The number of para-hydroxylation sites is 2. The summed E-state index contributed by atoms with van der Waals surface area (Å²) in [6, 6.07) is 21.3. The number of benzene rings is 2. The molecule has 0 aliphatic carbocycles. The maximum atomic E-state index is 5.91. The minimum absolute atomic E-state index is 0.0455. The molecular weight excluding hydrogens is 665 g/mol. The Kier molecular flexibility index (Phi) is 13.3. The number of fused-ring (bicyclic) bond motifs is 2. The molecule has 0 bridgehead atoms. The molecule has 0 saturated carbocycles. The van der Waals surface area contributed by atoms with Crippen molar-refractivity contribution in [1.82, 2.24) is 19.8 Å². The fourth-order valence-corrected chi connectivity index (χ4v) is 7.09. The molecule has 2 aromatic carbocycles. The Morgan fingerprint density at radius 3 is 1.25 bits per heavy atom. The highest BCUT2D eigenvalue weighted by molar-refractivity contribution is 5.94. The van der Waals surface area contributed by atoms with Gasteiger partial charge in [0.1, 0.15) is 11.6 Å². The highest BCUT2D eigenvalue weighted by atomic mass is 16.5. The van der Waals surface area contributed by atoms with E-state index in [9.17, 15) is 0 Å². The van der Waals surface area contributed by atoms with Gasteiger partial charge in [-0.3, -0.25) is 9.80 Å². The lowest BCUT2D eigenvalue weighted by Crippen LogP contribution is -2.47. The van der Waals surface area contributed by atoms with Crippen molar-refractivity contribution >= 4 is 44.8 Å². The Morgan fingerprint density at radius 1 is 0.509 bits per heavy atom. The molecule has 0 radical (unpaired) electrons. The van der Waals surface area contributed by atoms with Crippen LogP contribution in [0.25, 0.3) is 21.8 Å². The molecule has 4 heterocycles. The van der Waals surface area contributed by atoms with Gasteiger partial charge in [0.2, 0.25) is 0 Å². The Balaban J connectivity index is 0.806. The van der Waals surface area contributed by atoms with Crippen LogP contribution in [0.1, 0.15) is 41.5 Å². The van der Waals surface area contributed by atoms with Crippen molar-refractivity contribution in [3.8, 4) is 0 Å². The third-order valence-corrected chi connectivity index (χ3v) is 9.67. The van der Waals surface area contributed by atoms with E-state index in [-0.39, 0.29) is 11.1 Å². The Bertz CT molecular complexity index is 1610. The first-order valence-electron chi connectivity index (χ1n) is 19.5. The molecule has 2 N–H and O–H groups in total. The molecule has 4 aromatic rings. The Labute approximate surface area is 317 Å². The summed E-state index contributed by atoms with van der Waals surface area (Å²) in [5, 5.41) is 9.55. The second kappa shape index (κ2) is 18.1. The van der Waals surface area contributed by atoms with Crippen LogP contribution < -0.4 is 20.4 Å². The van der Waals surface area contributed by atoms with Gasteiger partial charge in [0.25, 0.3) is 0 Å². The summed E-state index contributed by atoms with van der Waals surface area (Å²) >= 11 is 0. The van der Waals surface area contributed by atoms with Gasteiger partial charge in [-0.25, -0.2) is 9.97 Å². The number of pyridine rings is 2. The maximum absolute atomic E-state index is 5.91. The van der Waals surface area contributed by atoms with Crippen LogP contribution in [0.2, 0.25) is 0 Å². The Hall–Kier alpha value is -3.74. The molecule has 0 atom stereocenters. The molecule has 2 aliphatic heterocycles. The molecule has 0 spiro atoms. The first-order chi connectivity index (χ1) is 25.5. The zero-order valence-electron chi connectivity index (χ0n) is 33.0. The summed E-state index contributed by atoms with van der Waals surface area (Å²) in [6.45, 7) is 26.8. The van der Waals surface area contributed by atoms with Gasteiger partial charge in [-0.15, -0.1) is 0 Å². The summed E-state index contributed by atoms with van der Waals surface area (Å²) in [5.41, 5.74) is 4.50. The molecule has 288 valence electrons. The lowest BCUT2D eigenvalue weighted by molar-refractivity contribution is 0.00677. The molecule has 2 saturated heterocycles. The summed E-state index contributed by atoms with van der Waals surface area (Å²) < 4.78 is 17.6. The monoisotopic (exact) mass is 726 g/mol. The number of hydrogen-bond acceptors (Lipinski definition) is 11. The quantitative estimate of drug-likeness (QED) is 0.130. The van der Waals surface area contributed by atoms with E-state index in [2.05, 4.69) is 132 Å². The normalized spacial score (nSPS) is 16.5. The van der Waals surface area contributed by atoms with Gasteiger partial charge in [-0.2, -0.15) is 0 Å². The number of ether oxygens (including phenoxy) is 3. The largest absolute Gasteiger partial charge is 0.378 e. The predicted molar refractivity (Wildman–Crippen MR) is 220 cm³/mol. The lowest BCUT2D eigenvalue weighted by Gasteiger charge is -2.37. The molecule has 11 heteroatoms. The van der Waals surface area contributed by atoms with E-state index in [0.717, 1.165) is 101 Å². The first-order valence-corrected chi connectivity index (χ1v) is 19.5. The van der Waals surface area contributed by atoms with E-state index in [1.807, 2.05) is 0 Å². The Morgan fingerprint density at radius 2 is 0.868 bits per heavy atom. The molecular formula is C42H62N8O3. The summed E-state index contributed by atoms with van der Waals surface area (Å²) in [6.07, 6.45) is 0. The van der Waals surface area contributed by atoms with Crippen LogP contribution in [-0.2, 0) is 14.2 Å². The van der Waals surface area contributed by atoms with Crippen LogP contribution in [0.3, 0.4) is 0 Å². The van der Waals surface area contributed by atoms with Crippen molar-refractivity contribution in [1.29, 1.82) is 0 Å². The topological polar surface area (TPSA) is 90.5 Å². The van der Waals surface area contributed by atoms with Gasteiger partial charge < -0.3 is 34.6 Å². The average Bonchev–Trinajstić information content (AvgIpc) is 3.12. The van der Waals surface area contributed by atoms with E-state index in [4.69, 9.17) is 24.2 Å². The van der Waals surface area contributed by atoms with Crippen molar-refractivity contribution in [2.75, 3.05) is 126 Å². The van der Waals surface area contributed by atoms with E-state index in [0.29, 0.717) is 26.4 Å². The number of aromatic nitrogens is 2. The number of nitrogens with zero attached hydrogens (tertiary/aromatic N) is 6. The number of hydrogen-bond donors (Lipinski definition) is 2. The lowest BCUT2D eigenvalue weighted by atomic mass is 10.1. The third-order valence-electron chi connectivity index (χ3n) is 9.67. The fraction of sp³-hybridized carbons (Fsp3) is 0.571. The summed E-state index contributed by atoms with van der Waals surface area (Å²) in [4.78, 5) is 19.7. The van der Waals surface area contributed by atoms with Gasteiger partial charge >= 0.3 is 0 Å². The maximum Gasteiger partial charge on any atom is 0.129 e. The summed E-state index contributed by atoms with van der Waals surface area (Å²) in [5.74, 6) is 1.86. The van der Waals surface area contributed by atoms with Crippen LogP contribution in [-0.4, -0.2) is 136 Å². The zero-order chi connectivity index (χ0) is 37.3. The van der Waals surface area contributed by atoms with Gasteiger partial charge in [0, 0.05) is 111 Å². The summed E-state index contributed by atoms with van der Waals surface area (Å²) in [7, 11) is 0. The van der Waals surface area contributed by atoms with E-state index >= 15 is 0 Å². The molecule has 2 fully saturated rings. The second-order valence-corrected chi connectivity index (χ2v) is 16.3. The van der Waals surface area contributed by atoms with Crippen LogP contribution >= 0.6 is 0 Å². The average molecular weight is 727 g/mol. The standard InChI is InChI=1S/C42H62N8O3/c1-41(2,3)45-39-31-37(33-11-7-9-13-35(33)43-39)49-19-15-47(16-20-49)23-25-51-27-29-53-30-28-52-26-24-48-17-21-50(22-18-48)38-32-40(46-42(4,5)6)44-36-14-10-8-12-34(36)38/h7-14,31-32H,15-30H2,1-6H3,(H,43,45)(H,44,46). The highest BCUT2D eigenvalue weighted by Gasteiger charge is 2.22. The van der Waals surface area contributed by atoms with Crippen molar-refractivity contribution in [3.63, 3.8) is 0 Å². The minimum Gasteiger partial charge on any atom is -0.378 e. The van der Waals surface area contributed by atoms with Crippen molar-refractivity contribution in [2.45, 2.75) is 52.6 Å². The molecule has 2 aliphatic rings. The molecule has 2 aromatic heterocycles. The van der Waals surface area contributed by atoms with Gasteiger partial charge in [-0.1, -0.05) is 36.4 Å². The van der Waals surface area contributed by atoms with Gasteiger partial charge in [-0.05, 0) is 53.7 Å². The van der Waals surface area contributed by atoms with Gasteiger partial charge in [0.15, 0.2) is 0 Å². The van der Waals surface area contributed by atoms with E-state index in [1.165, 1.54) is 22.1 Å². The first kappa shape index (κ1) is 39.0. The molecule has 0 amide bonds. The zero-order valence-corrected chi connectivity index (χ0v) is 33.0. The number of piperazine rings is 2. The van der Waals surface area contributed by atoms with E-state index < -0.39 is 0 Å². The highest BCUT2D eigenvalue weighted by Crippen LogP contribution is 2.32. The number of anilines is 4. The van der Waals surface area contributed by atoms with Crippen LogP contribution in [0.4, 0.5) is 23.0 Å². The van der Waals surface area contributed by atoms with Gasteiger partial charge in [0.05, 0.1) is 50.7 Å². The predicted octanol–water partition coefficient (Wildman–Crippen LogP) is 6.20. The fourth-order valence-electron chi connectivity index (χ4n) is 7.09. The van der Waals surface area contributed by atoms with Crippen LogP contribution in [0.15, 0.2) is 60.7 Å². The number of nitrogens with one attached hydrogen (secondary N) is 2. The van der Waals surface area contributed by atoms with Crippen LogP contribution in [0, 0.1) is 0 Å². The smallest absolute Gasteiger partial charge is 0.129 e. The van der Waals surface area contributed by atoms with Crippen molar-refractivity contribution < 1.29 is 14.2 Å². The molecule has 6 rings (SSSR count). The SMILES string of the molecule is CC(C)(C)Nc1cc(N2CCN(CCOCCOCCOCCN3CCN(c4cc(NC(C)(C)C)nc5ccccc45)CC3)CC2)c2ccccc2n1. The minimum atomic E-state index is -0.0455. The third kappa shape index (κ3) is 11.6. The number of rotatable bonds is 16. The second-order valence-electron chi connectivity index (χ2n) is 16.3. The molecule has 11 nitrogen and oxygen atoms in total. The van der Waals surface area contributed by atoms with Crippen molar-refractivity contribution in [3.05, 3.63) is 60.7 Å².